The van der Waals surface area contributed by atoms with Gasteiger partial charge in [0.2, 0.25) is 0 Å². The Kier molecular flexibility index (Phi) is 9.93. The van der Waals surface area contributed by atoms with Gasteiger partial charge < -0.3 is 0 Å². The molecule has 1 aliphatic heterocycles. The maximum atomic E-state index is 12.7. The molecule has 1 amide bonds. The van der Waals surface area contributed by atoms with Gasteiger partial charge in [-0.1, -0.05) is 13.8 Å². The summed E-state index contributed by atoms with van der Waals surface area (Å²) in [6.07, 6.45) is 1.40. The number of nitrogens with one attached hydrogen (secondary N) is 2. The van der Waals surface area contributed by atoms with Crippen LogP contribution in [0.4, 0.5) is 5.95 Å². The van der Waals surface area contributed by atoms with Crippen molar-refractivity contribution in [3.8, 4) is 0 Å². The Hall–Kier alpha value is -1.28. The van der Waals surface area contributed by atoms with Gasteiger partial charge in [0, 0.05) is 0 Å². The minimum atomic E-state index is -2.66. The molecule has 0 saturated carbocycles. The predicted octanol–water partition coefficient (Wildman–Crippen LogP) is 5.41. The molecular weight excluding hydrogens is 609 g/mol. The van der Waals surface area contributed by atoms with Crippen molar-refractivity contribution in [2.45, 2.75) is 112 Å². The van der Waals surface area contributed by atoms with Gasteiger partial charge in [-0.3, -0.25) is 0 Å². The van der Waals surface area contributed by atoms with Crippen LogP contribution in [-0.2, 0) is 17.0 Å². The van der Waals surface area contributed by atoms with E-state index in [9.17, 15) is 9.59 Å². The topological polar surface area (TPSA) is 120 Å². The SMILES string of the molecule is C[CH2][Sn]([CH2]C)([CH2]C)[O]C[C@H]1O[C@@H](n2cnc3c(=O)[nH]c(NC(=O)C(C)C)nc32)C[C@@H]1O[Si](C)(C)C(C)(C)C. The van der Waals surface area contributed by atoms with Gasteiger partial charge in [0.05, 0.1) is 0 Å². The monoisotopic (exact) mass is 657 g/mol. The first-order valence-corrected chi connectivity index (χ1v) is 24.0. The van der Waals surface area contributed by atoms with Crippen molar-refractivity contribution in [2.24, 2.45) is 5.92 Å². The molecule has 0 radical (unpaired) electrons. The van der Waals surface area contributed by atoms with Gasteiger partial charge in [0.25, 0.3) is 0 Å². The fraction of sp³-hybridized carbons (Fsp3) is 0.769. The first kappa shape index (κ1) is 31.2. The molecule has 3 atom stereocenters. The standard InChI is InChI=1S/C20H32N5O5Si.3C2H5.Sn/c1-11(2)17(27)23-19-22-16-15(18(28)24-19)21-10-25(16)14-8-12(13(9-26)29-14)30-31(6,7)20(3,4)5;3*1-2;/h10-14H,8-9H2,1-7H3,(H2,22,23,24,27,28);3*1H2,2H3;/q-1;;;;+1/t12-,13+,14+;;;;/m0..../s1. The normalized spacial score (nSPS) is 21.0. The van der Waals surface area contributed by atoms with E-state index in [1.807, 2.05) is 0 Å². The number of carbonyl (C=O) groups excluding carboxylic acids is 1. The summed E-state index contributed by atoms with van der Waals surface area (Å²) in [5.74, 6) is -0.379. The Morgan fingerprint density at radius 3 is 2.45 bits per heavy atom. The van der Waals surface area contributed by atoms with Gasteiger partial charge in [-0.05, 0) is 0 Å². The van der Waals surface area contributed by atoms with E-state index in [2.05, 4.69) is 74.9 Å². The van der Waals surface area contributed by atoms with Crippen molar-refractivity contribution >= 4 is 50.1 Å². The second-order valence-electron chi connectivity index (χ2n) is 12.2. The number of carbonyl (C=O) groups is 1. The van der Waals surface area contributed by atoms with Crippen molar-refractivity contribution in [1.82, 2.24) is 19.5 Å². The summed E-state index contributed by atoms with van der Waals surface area (Å²) in [6.45, 7) is 22.0. The number of aromatic nitrogens is 4. The number of fused-ring (bicyclic) bond motifs is 1. The molecule has 3 rings (SSSR count). The number of hydrogen-bond donors (Lipinski definition) is 2. The zero-order chi connectivity index (χ0) is 28.5. The average Bonchev–Trinajstić information content (AvgIpc) is 3.43. The number of H-pyrrole nitrogens is 1. The fourth-order valence-corrected chi connectivity index (χ4v) is 13.3. The molecule has 0 unspecified atom stereocenters. The summed E-state index contributed by atoms with van der Waals surface area (Å²) >= 11 is -2.66. The number of imidazole rings is 1. The van der Waals surface area contributed by atoms with Crippen LogP contribution >= 0.6 is 0 Å². The Balaban J connectivity index is 1.94. The average molecular weight is 656 g/mol. The van der Waals surface area contributed by atoms with E-state index < -0.39 is 38.9 Å². The number of rotatable bonds is 11. The Morgan fingerprint density at radius 2 is 1.89 bits per heavy atom. The van der Waals surface area contributed by atoms with Crippen LogP contribution in [0.3, 0.4) is 0 Å². The van der Waals surface area contributed by atoms with Gasteiger partial charge in [-0.15, -0.1) is 0 Å². The molecule has 3 heterocycles. The third-order valence-electron chi connectivity index (χ3n) is 8.43. The van der Waals surface area contributed by atoms with Crippen molar-refractivity contribution in [3.63, 3.8) is 0 Å². The molecule has 0 spiro atoms. The maximum absolute atomic E-state index is 12.7. The number of nitrogens with zero attached hydrogens (tertiary/aromatic N) is 3. The van der Waals surface area contributed by atoms with Crippen LogP contribution in [0.2, 0.25) is 31.4 Å². The van der Waals surface area contributed by atoms with Gasteiger partial charge in [0.1, 0.15) is 0 Å². The summed E-state index contributed by atoms with van der Waals surface area (Å²) in [4.78, 5) is 36.4. The third kappa shape index (κ3) is 6.71. The van der Waals surface area contributed by atoms with Crippen LogP contribution in [0.1, 0.15) is 68.0 Å². The Labute approximate surface area is 232 Å². The molecule has 2 aromatic rings. The summed E-state index contributed by atoms with van der Waals surface area (Å²) in [5, 5.41) is 2.74. The molecule has 10 nitrogen and oxygen atoms in total. The van der Waals surface area contributed by atoms with E-state index in [0.717, 1.165) is 13.3 Å². The zero-order valence-electron chi connectivity index (χ0n) is 24.8. The Bertz CT molecular complexity index is 1160. The van der Waals surface area contributed by atoms with Crippen molar-refractivity contribution in [3.05, 3.63) is 16.7 Å². The van der Waals surface area contributed by atoms with E-state index in [-0.39, 0.29) is 40.5 Å². The number of hydrogen-bond acceptors (Lipinski definition) is 7. The summed E-state index contributed by atoms with van der Waals surface area (Å²) < 4.78 is 25.4. The molecule has 1 fully saturated rings. The minimum absolute atomic E-state index is 0.0514. The first-order chi connectivity index (χ1) is 17.7. The summed E-state index contributed by atoms with van der Waals surface area (Å²) in [6, 6.07) is 0. The van der Waals surface area contributed by atoms with Crippen LogP contribution in [-0.4, -0.2) is 71.3 Å². The van der Waals surface area contributed by atoms with Crippen LogP contribution in [0.15, 0.2) is 11.1 Å². The van der Waals surface area contributed by atoms with Crippen molar-refractivity contribution < 1.29 is 17.0 Å². The summed E-state index contributed by atoms with van der Waals surface area (Å²) in [7, 11) is -2.09. The molecule has 38 heavy (non-hydrogen) atoms. The van der Waals surface area contributed by atoms with Gasteiger partial charge in [-0.2, -0.15) is 0 Å². The van der Waals surface area contributed by atoms with Crippen molar-refractivity contribution in [1.29, 1.82) is 0 Å². The molecule has 214 valence electrons. The van der Waals surface area contributed by atoms with E-state index in [4.69, 9.17) is 12.2 Å². The number of amides is 1. The quantitative estimate of drug-likeness (QED) is 0.311. The molecule has 1 aliphatic rings. The molecule has 2 N–H and O–H groups in total. The van der Waals surface area contributed by atoms with Gasteiger partial charge >= 0.3 is 219 Å². The molecule has 0 aliphatic carbocycles. The first-order valence-electron chi connectivity index (χ1n) is 13.9. The molecule has 1 saturated heterocycles. The second-order valence-corrected chi connectivity index (χ2v) is 30.6. The van der Waals surface area contributed by atoms with Crippen LogP contribution in [0.5, 0.6) is 0 Å². The Morgan fingerprint density at radius 1 is 1.26 bits per heavy atom. The molecule has 0 aromatic carbocycles. The number of aromatic amines is 1. The second kappa shape index (κ2) is 12.1. The molecule has 0 bridgehead atoms. The van der Waals surface area contributed by atoms with Crippen LogP contribution < -0.4 is 10.9 Å². The van der Waals surface area contributed by atoms with Crippen LogP contribution in [0, 0.1) is 5.92 Å². The van der Waals surface area contributed by atoms with E-state index in [1.54, 1.807) is 24.7 Å². The van der Waals surface area contributed by atoms with Crippen molar-refractivity contribution in [2.75, 3.05) is 11.9 Å². The van der Waals surface area contributed by atoms with E-state index in [0.29, 0.717) is 18.7 Å². The van der Waals surface area contributed by atoms with E-state index >= 15 is 0 Å². The predicted molar refractivity (Wildman–Crippen MR) is 155 cm³/mol. The molecule has 12 heteroatoms. The van der Waals surface area contributed by atoms with Gasteiger partial charge in [-0.25, -0.2) is 0 Å². The van der Waals surface area contributed by atoms with E-state index in [1.165, 1.54) is 0 Å². The number of anilines is 1. The molecule has 2 aromatic heterocycles. The zero-order valence-corrected chi connectivity index (χ0v) is 28.7. The number of ether oxygens (including phenoxy) is 1. The fourth-order valence-electron chi connectivity index (χ4n) is 4.47. The van der Waals surface area contributed by atoms with Crippen LogP contribution in [0.25, 0.3) is 11.2 Å². The van der Waals surface area contributed by atoms with Gasteiger partial charge in [0.15, 0.2) is 0 Å². The molecular formula is C26H47N5O5SiSn. The summed E-state index contributed by atoms with van der Waals surface area (Å²) in [5.41, 5.74) is 0.165. The third-order valence-corrected chi connectivity index (χ3v) is 26.2.